The van der Waals surface area contributed by atoms with Gasteiger partial charge in [-0.25, -0.2) is 4.79 Å². The number of rotatable bonds is 5. The molecule has 1 aromatic heterocycles. The number of methoxy groups -OCH3 is 1. The van der Waals surface area contributed by atoms with E-state index >= 15 is 0 Å². The molecule has 2 fully saturated rings. The molecule has 9 heteroatoms. The van der Waals surface area contributed by atoms with Crippen molar-refractivity contribution < 1.29 is 14.3 Å². The Morgan fingerprint density at radius 1 is 1.19 bits per heavy atom. The van der Waals surface area contributed by atoms with Gasteiger partial charge in [0.25, 0.3) is 5.56 Å². The Morgan fingerprint density at radius 3 is 2.67 bits per heavy atom. The van der Waals surface area contributed by atoms with E-state index in [0.29, 0.717) is 38.4 Å². The summed E-state index contributed by atoms with van der Waals surface area (Å²) in [5.74, 6) is -0.103. The van der Waals surface area contributed by atoms with Gasteiger partial charge in [0.1, 0.15) is 0 Å². The second kappa shape index (κ2) is 7.67. The number of likely N-dealkylation sites (tertiary alicyclic amines) is 2. The van der Waals surface area contributed by atoms with Crippen molar-refractivity contribution in [1.82, 2.24) is 19.8 Å². The molecule has 0 bridgehead atoms. The zero-order chi connectivity index (χ0) is 19.6. The number of amides is 2. The number of ether oxygens (including phenoxy) is 1. The summed E-state index contributed by atoms with van der Waals surface area (Å²) in [6, 6.07) is 0. The van der Waals surface area contributed by atoms with Crippen molar-refractivity contribution in [2.24, 2.45) is 5.41 Å². The molecule has 2 N–H and O–H groups in total. The molecule has 2 aliphatic rings. The maximum Gasteiger partial charge on any atom is 0.325 e. The molecular formula is C18H26N4O5. The molecule has 3 heterocycles. The third-order valence-electron chi connectivity index (χ3n) is 5.68. The monoisotopic (exact) mass is 378 g/mol. The van der Waals surface area contributed by atoms with Gasteiger partial charge < -0.3 is 19.5 Å². The molecule has 27 heavy (non-hydrogen) atoms. The summed E-state index contributed by atoms with van der Waals surface area (Å²) in [5, 5.41) is 0. The lowest BCUT2D eigenvalue weighted by Crippen LogP contribution is -2.51. The Kier molecular flexibility index (Phi) is 5.50. The van der Waals surface area contributed by atoms with Gasteiger partial charge >= 0.3 is 5.69 Å². The Bertz CT molecular complexity index is 845. The molecule has 0 unspecified atom stereocenters. The van der Waals surface area contributed by atoms with Crippen molar-refractivity contribution in [1.29, 1.82) is 0 Å². The van der Waals surface area contributed by atoms with E-state index in [9.17, 15) is 19.2 Å². The van der Waals surface area contributed by atoms with Gasteiger partial charge in [0.05, 0.1) is 18.4 Å². The number of hydrogen-bond donors (Lipinski definition) is 2. The van der Waals surface area contributed by atoms with Crippen LogP contribution in [-0.4, -0.2) is 71.5 Å². The van der Waals surface area contributed by atoms with Crippen molar-refractivity contribution in [3.05, 3.63) is 32.1 Å². The molecule has 1 spiro atoms. The maximum atomic E-state index is 13.0. The summed E-state index contributed by atoms with van der Waals surface area (Å²) in [6.45, 7) is 4.28. The number of H-pyrrole nitrogens is 2. The predicted molar refractivity (Wildman–Crippen MR) is 97.4 cm³/mol. The Morgan fingerprint density at radius 2 is 1.96 bits per heavy atom. The van der Waals surface area contributed by atoms with Crippen LogP contribution in [0.3, 0.4) is 0 Å². The molecule has 3 rings (SSSR count). The van der Waals surface area contributed by atoms with Gasteiger partial charge in [-0.05, 0) is 26.2 Å². The highest BCUT2D eigenvalue weighted by molar-refractivity contribution is 5.86. The number of aromatic amines is 2. The average molecular weight is 378 g/mol. The van der Waals surface area contributed by atoms with Crippen molar-refractivity contribution in [3.63, 3.8) is 0 Å². The number of nitrogens with one attached hydrogen (secondary N) is 2. The molecule has 9 nitrogen and oxygen atoms in total. The minimum absolute atomic E-state index is 0.0877. The summed E-state index contributed by atoms with van der Waals surface area (Å²) in [4.78, 5) is 57.1. The van der Waals surface area contributed by atoms with Crippen LogP contribution in [0.5, 0.6) is 0 Å². The zero-order valence-corrected chi connectivity index (χ0v) is 15.8. The largest absolute Gasteiger partial charge is 0.383 e. The summed E-state index contributed by atoms with van der Waals surface area (Å²) in [5.41, 5.74) is -0.993. The van der Waals surface area contributed by atoms with E-state index in [1.54, 1.807) is 18.9 Å². The fourth-order valence-electron chi connectivity index (χ4n) is 4.13. The van der Waals surface area contributed by atoms with E-state index in [-0.39, 0.29) is 23.8 Å². The lowest BCUT2D eigenvalue weighted by Gasteiger charge is -2.39. The van der Waals surface area contributed by atoms with Crippen LogP contribution in [0.2, 0.25) is 0 Å². The smallest absolute Gasteiger partial charge is 0.325 e. The molecule has 0 aliphatic carbocycles. The molecule has 148 valence electrons. The van der Waals surface area contributed by atoms with E-state index in [1.807, 2.05) is 4.90 Å². The van der Waals surface area contributed by atoms with Crippen molar-refractivity contribution >= 4 is 11.8 Å². The normalized spacial score (nSPS) is 22.7. The lowest BCUT2D eigenvalue weighted by atomic mass is 9.78. The van der Waals surface area contributed by atoms with E-state index in [1.165, 1.54) is 0 Å². The topological polar surface area (TPSA) is 116 Å². The second-order valence-corrected chi connectivity index (χ2v) is 7.42. The standard InChI is InChI=1S/C18H26N4O5/c1-12-13(15(24)20-17(26)19-12)10-14(23)22-7-5-18(11-22)4-3-6-21(16(18)25)8-9-27-2/h3-11H2,1-2H3,(H2,19,20,24,26)/t18-/m1/s1. The van der Waals surface area contributed by atoms with Gasteiger partial charge in [-0.1, -0.05) is 0 Å². The molecule has 0 aromatic carbocycles. The quantitative estimate of drug-likeness (QED) is 0.710. The number of nitrogens with zero attached hydrogens (tertiary/aromatic N) is 2. The number of aromatic nitrogens is 2. The van der Waals surface area contributed by atoms with E-state index in [2.05, 4.69) is 9.97 Å². The number of aryl methyl sites for hydroxylation is 1. The predicted octanol–water partition coefficient (Wildman–Crippen LogP) is -0.598. The van der Waals surface area contributed by atoms with Gasteiger partial charge in [0, 0.05) is 44.5 Å². The number of carbonyl (C=O) groups is 2. The molecular weight excluding hydrogens is 352 g/mol. The fraction of sp³-hybridized carbons (Fsp3) is 0.667. The first-order valence-electron chi connectivity index (χ1n) is 9.24. The van der Waals surface area contributed by atoms with Crippen molar-refractivity contribution in [2.45, 2.75) is 32.6 Å². The number of piperidine rings is 1. The molecule has 0 radical (unpaired) electrons. The van der Waals surface area contributed by atoms with Crippen LogP contribution < -0.4 is 11.2 Å². The van der Waals surface area contributed by atoms with Gasteiger partial charge in [-0.2, -0.15) is 0 Å². The number of carbonyl (C=O) groups excluding carboxylic acids is 2. The number of hydrogen-bond acceptors (Lipinski definition) is 5. The summed E-state index contributed by atoms with van der Waals surface area (Å²) >= 11 is 0. The van der Waals surface area contributed by atoms with Crippen LogP contribution in [0.15, 0.2) is 9.59 Å². The Labute approximate surface area is 156 Å². The molecule has 1 aromatic rings. The molecule has 1 atom stereocenters. The highest BCUT2D eigenvalue weighted by atomic mass is 16.5. The third kappa shape index (κ3) is 3.83. The zero-order valence-electron chi connectivity index (χ0n) is 15.8. The van der Waals surface area contributed by atoms with Crippen LogP contribution in [0.25, 0.3) is 0 Å². The van der Waals surface area contributed by atoms with E-state index < -0.39 is 16.7 Å². The molecule has 2 aliphatic heterocycles. The van der Waals surface area contributed by atoms with Crippen LogP contribution in [0.4, 0.5) is 0 Å². The first-order valence-corrected chi connectivity index (χ1v) is 9.24. The van der Waals surface area contributed by atoms with Gasteiger partial charge in [-0.15, -0.1) is 0 Å². The summed E-state index contributed by atoms with van der Waals surface area (Å²) in [6.07, 6.45) is 2.24. The van der Waals surface area contributed by atoms with Crippen LogP contribution in [0.1, 0.15) is 30.5 Å². The van der Waals surface area contributed by atoms with Gasteiger partial charge in [0.2, 0.25) is 11.8 Å². The highest BCUT2D eigenvalue weighted by Gasteiger charge is 2.49. The molecule has 2 amide bonds. The van der Waals surface area contributed by atoms with Crippen molar-refractivity contribution in [3.8, 4) is 0 Å². The average Bonchev–Trinajstić information content (AvgIpc) is 3.04. The Hall–Kier alpha value is -2.42. The first kappa shape index (κ1) is 19.3. The Balaban J connectivity index is 1.70. The lowest BCUT2D eigenvalue weighted by molar-refractivity contribution is -0.146. The summed E-state index contributed by atoms with van der Waals surface area (Å²) < 4.78 is 5.08. The minimum Gasteiger partial charge on any atom is -0.383 e. The fourth-order valence-corrected chi connectivity index (χ4v) is 4.13. The third-order valence-corrected chi connectivity index (χ3v) is 5.68. The minimum atomic E-state index is -0.585. The van der Waals surface area contributed by atoms with Gasteiger partial charge in [-0.3, -0.25) is 19.4 Å². The second-order valence-electron chi connectivity index (χ2n) is 7.42. The molecule has 0 saturated carbocycles. The van der Waals surface area contributed by atoms with Crippen LogP contribution in [-0.2, 0) is 20.7 Å². The summed E-state index contributed by atoms with van der Waals surface area (Å²) in [7, 11) is 1.61. The van der Waals surface area contributed by atoms with Crippen LogP contribution in [0, 0.1) is 12.3 Å². The maximum absolute atomic E-state index is 13.0. The van der Waals surface area contributed by atoms with E-state index in [4.69, 9.17) is 4.74 Å². The highest BCUT2D eigenvalue weighted by Crippen LogP contribution is 2.40. The first-order chi connectivity index (χ1) is 12.9. The van der Waals surface area contributed by atoms with Crippen LogP contribution >= 0.6 is 0 Å². The van der Waals surface area contributed by atoms with E-state index in [0.717, 1.165) is 19.4 Å². The van der Waals surface area contributed by atoms with Crippen molar-refractivity contribution in [2.75, 3.05) is 39.9 Å². The molecule has 2 saturated heterocycles. The van der Waals surface area contributed by atoms with Gasteiger partial charge in [0.15, 0.2) is 0 Å². The SMILES string of the molecule is COCCN1CCC[C@]2(CCN(C(=O)Cc3c(C)[nH]c(=O)[nH]c3=O)C2)C1=O.